The number of piperazine rings is 1. The highest BCUT2D eigenvalue weighted by Crippen LogP contribution is 2.33. The molecule has 2 fully saturated rings. The van der Waals surface area contributed by atoms with E-state index >= 15 is 0 Å². The fourth-order valence-electron chi connectivity index (χ4n) is 7.52. The van der Waals surface area contributed by atoms with Gasteiger partial charge in [0.1, 0.15) is 23.3 Å². The second-order valence-corrected chi connectivity index (χ2v) is 15.2. The second kappa shape index (κ2) is 16.2. The number of likely N-dealkylation sites (tertiary alicyclic amines) is 1. The average molecular weight is 709 g/mol. The van der Waals surface area contributed by atoms with Crippen molar-refractivity contribution in [1.29, 1.82) is 0 Å². The van der Waals surface area contributed by atoms with Crippen LogP contribution in [0.3, 0.4) is 0 Å². The molecule has 2 amide bonds. The lowest BCUT2D eigenvalue weighted by molar-refractivity contribution is -0.133. The molecule has 51 heavy (non-hydrogen) atoms. The van der Waals surface area contributed by atoms with Crippen molar-refractivity contribution in [2.75, 3.05) is 52.4 Å². The van der Waals surface area contributed by atoms with Crippen molar-refractivity contribution in [1.82, 2.24) is 29.4 Å². The van der Waals surface area contributed by atoms with Crippen molar-refractivity contribution in [2.45, 2.75) is 110 Å². The van der Waals surface area contributed by atoms with Gasteiger partial charge in [0.2, 0.25) is 5.91 Å². The number of amides is 2. The minimum Gasteiger partial charge on any atom is -0.444 e. The first-order valence-corrected chi connectivity index (χ1v) is 18.7. The van der Waals surface area contributed by atoms with Crippen molar-refractivity contribution in [3.8, 4) is 0 Å². The van der Waals surface area contributed by atoms with Crippen LogP contribution in [0.5, 0.6) is 0 Å². The third kappa shape index (κ3) is 9.15. The summed E-state index contributed by atoms with van der Waals surface area (Å²) in [6.45, 7) is 13.3. The lowest BCUT2D eigenvalue weighted by Gasteiger charge is -2.35. The predicted molar refractivity (Wildman–Crippen MR) is 190 cm³/mol. The van der Waals surface area contributed by atoms with E-state index in [1.54, 1.807) is 11.0 Å². The standard InChI is InChI=1S/C38H53FN6O6/c1-26-29(15-19-42-17-13-27(14-18-42)34-30-12-11-28(39)25-32(30)51-41-34)36(47)45-16-8-9-31(35(45)40-26)49-24-7-5-6-10-33(46)43-20-22-44(23-21-43)37(48)50-38(2,3)4/h11-12,25,27,31H,5-10,13-24H2,1-4H3. The smallest absolute Gasteiger partial charge is 0.410 e. The van der Waals surface area contributed by atoms with Gasteiger partial charge < -0.3 is 28.7 Å². The molecule has 278 valence electrons. The first-order valence-electron chi connectivity index (χ1n) is 18.7. The number of unbranched alkanes of at least 4 members (excludes halogenated alkanes) is 2. The van der Waals surface area contributed by atoms with Gasteiger partial charge in [-0.1, -0.05) is 11.6 Å². The van der Waals surface area contributed by atoms with Crippen LogP contribution in [-0.2, 0) is 27.2 Å². The number of rotatable bonds is 11. The Bertz CT molecular complexity index is 1730. The minimum atomic E-state index is -0.533. The van der Waals surface area contributed by atoms with E-state index in [9.17, 15) is 18.8 Å². The topological polar surface area (TPSA) is 123 Å². The number of piperidine rings is 1. The molecule has 0 N–H and O–H groups in total. The molecule has 3 aliphatic rings. The van der Waals surface area contributed by atoms with Crippen molar-refractivity contribution in [3.63, 3.8) is 0 Å². The van der Waals surface area contributed by atoms with E-state index in [0.29, 0.717) is 57.8 Å². The van der Waals surface area contributed by atoms with Crippen molar-refractivity contribution in [2.24, 2.45) is 0 Å². The number of halogens is 1. The molecular formula is C38H53FN6O6. The monoisotopic (exact) mass is 708 g/mol. The van der Waals surface area contributed by atoms with Gasteiger partial charge in [-0.3, -0.25) is 14.2 Å². The van der Waals surface area contributed by atoms with Crippen LogP contribution in [0.2, 0.25) is 0 Å². The Labute approximate surface area is 299 Å². The number of aryl methyl sites for hydroxylation is 1. The van der Waals surface area contributed by atoms with Gasteiger partial charge in [0.05, 0.1) is 5.69 Å². The quantitative estimate of drug-likeness (QED) is 0.229. The minimum absolute atomic E-state index is 0.0485. The van der Waals surface area contributed by atoms with E-state index < -0.39 is 5.60 Å². The van der Waals surface area contributed by atoms with Crippen LogP contribution in [0, 0.1) is 12.7 Å². The van der Waals surface area contributed by atoms with Crippen molar-refractivity contribution >= 4 is 23.0 Å². The number of fused-ring (bicyclic) bond motifs is 2. The summed E-state index contributed by atoms with van der Waals surface area (Å²) in [4.78, 5) is 49.5. The van der Waals surface area contributed by atoms with Crippen LogP contribution >= 0.6 is 0 Å². The number of carbonyl (C=O) groups is 2. The predicted octanol–water partition coefficient (Wildman–Crippen LogP) is 5.75. The van der Waals surface area contributed by atoms with E-state index in [1.165, 1.54) is 12.1 Å². The summed E-state index contributed by atoms with van der Waals surface area (Å²) in [6.07, 6.45) is 6.67. The van der Waals surface area contributed by atoms with Crippen LogP contribution in [0.1, 0.15) is 107 Å². The molecule has 0 aliphatic carbocycles. The van der Waals surface area contributed by atoms with Gasteiger partial charge in [-0.05, 0) is 97.9 Å². The molecule has 1 aromatic carbocycles. The number of benzene rings is 1. The molecule has 1 atom stereocenters. The van der Waals surface area contributed by atoms with Crippen LogP contribution in [0.15, 0.2) is 27.5 Å². The highest BCUT2D eigenvalue weighted by molar-refractivity contribution is 5.80. The Kier molecular flexibility index (Phi) is 11.8. The Hall–Kier alpha value is -3.84. The molecule has 3 aromatic rings. The average Bonchev–Trinajstić information content (AvgIpc) is 3.52. The number of hydrogen-bond donors (Lipinski definition) is 0. The highest BCUT2D eigenvalue weighted by atomic mass is 19.1. The molecular weight excluding hydrogens is 655 g/mol. The molecule has 0 saturated carbocycles. The maximum atomic E-state index is 13.7. The lowest BCUT2D eigenvalue weighted by atomic mass is 9.91. The number of hydrogen-bond acceptors (Lipinski definition) is 9. The Morgan fingerprint density at radius 3 is 2.47 bits per heavy atom. The summed E-state index contributed by atoms with van der Waals surface area (Å²) in [5.41, 5.74) is 2.48. The van der Waals surface area contributed by atoms with E-state index in [0.717, 1.165) is 92.7 Å². The summed E-state index contributed by atoms with van der Waals surface area (Å²) < 4.78 is 32.5. The summed E-state index contributed by atoms with van der Waals surface area (Å²) >= 11 is 0. The second-order valence-electron chi connectivity index (χ2n) is 15.2. The van der Waals surface area contributed by atoms with Crippen LogP contribution in [0.25, 0.3) is 11.0 Å². The van der Waals surface area contributed by atoms with Gasteiger partial charge in [-0.25, -0.2) is 14.2 Å². The molecule has 2 aromatic heterocycles. The molecule has 0 radical (unpaired) electrons. The number of ether oxygens (including phenoxy) is 2. The zero-order chi connectivity index (χ0) is 36.1. The van der Waals surface area contributed by atoms with Crippen molar-refractivity contribution < 1.29 is 28.0 Å². The van der Waals surface area contributed by atoms with Gasteiger partial charge in [0.15, 0.2) is 5.58 Å². The fourth-order valence-corrected chi connectivity index (χ4v) is 7.52. The first-order chi connectivity index (χ1) is 24.5. The Morgan fingerprint density at radius 2 is 1.73 bits per heavy atom. The molecule has 13 heteroatoms. The van der Waals surface area contributed by atoms with E-state index in [1.807, 2.05) is 37.2 Å². The maximum absolute atomic E-state index is 13.7. The third-order valence-corrected chi connectivity index (χ3v) is 10.4. The maximum Gasteiger partial charge on any atom is 0.410 e. The largest absolute Gasteiger partial charge is 0.444 e. The number of aromatic nitrogens is 3. The molecule has 3 aliphatic heterocycles. The number of nitrogens with zero attached hydrogens (tertiary/aromatic N) is 6. The van der Waals surface area contributed by atoms with Crippen LogP contribution < -0.4 is 5.56 Å². The normalized spacial score (nSPS) is 19.0. The molecule has 0 spiro atoms. The number of carbonyl (C=O) groups excluding carboxylic acids is 2. The zero-order valence-corrected chi connectivity index (χ0v) is 30.6. The van der Waals surface area contributed by atoms with Gasteiger partial charge in [0, 0.05) is 80.9 Å². The summed E-state index contributed by atoms with van der Waals surface area (Å²) in [7, 11) is 0. The third-order valence-electron chi connectivity index (χ3n) is 10.4. The van der Waals surface area contributed by atoms with Crippen molar-refractivity contribution in [3.05, 3.63) is 57.1 Å². The van der Waals surface area contributed by atoms with E-state index in [2.05, 4.69) is 10.1 Å². The molecule has 12 nitrogen and oxygen atoms in total. The molecule has 5 heterocycles. The highest BCUT2D eigenvalue weighted by Gasteiger charge is 2.29. The molecule has 2 saturated heterocycles. The summed E-state index contributed by atoms with van der Waals surface area (Å²) in [5.74, 6) is 0.799. The SMILES string of the molecule is Cc1nc2n(c(=O)c1CCN1CCC(c3noc4cc(F)ccc34)CC1)CCCC2OCCCCCC(=O)N1CCN(C(=O)OC(C)(C)C)CC1. The van der Waals surface area contributed by atoms with Crippen LogP contribution in [-0.4, -0.2) is 99.4 Å². The van der Waals surface area contributed by atoms with E-state index in [-0.39, 0.29) is 35.4 Å². The zero-order valence-electron chi connectivity index (χ0n) is 30.6. The summed E-state index contributed by atoms with van der Waals surface area (Å²) in [6, 6.07) is 4.59. The van der Waals surface area contributed by atoms with Crippen LogP contribution in [0.4, 0.5) is 9.18 Å². The van der Waals surface area contributed by atoms with Gasteiger partial charge in [0.25, 0.3) is 5.56 Å². The van der Waals surface area contributed by atoms with Gasteiger partial charge in [-0.2, -0.15) is 0 Å². The van der Waals surface area contributed by atoms with Gasteiger partial charge >= 0.3 is 6.09 Å². The van der Waals surface area contributed by atoms with Gasteiger partial charge in [-0.15, -0.1) is 0 Å². The van der Waals surface area contributed by atoms with E-state index in [4.69, 9.17) is 19.0 Å². The Morgan fingerprint density at radius 1 is 0.980 bits per heavy atom. The lowest BCUT2D eigenvalue weighted by Crippen LogP contribution is -2.51. The molecule has 1 unspecified atom stereocenters. The summed E-state index contributed by atoms with van der Waals surface area (Å²) in [5, 5.41) is 5.15. The molecule has 0 bridgehead atoms. The Balaban J connectivity index is 0.912. The molecule has 6 rings (SSSR count). The fraction of sp³-hybridized carbons (Fsp3) is 0.658. The first kappa shape index (κ1) is 36.9.